The van der Waals surface area contributed by atoms with Gasteiger partial charge in [0.1, 0.15) is 5.75 Å². The maximum absolute atomic E-state index is 14.7. The Kier molecular flexibility index (Phi) is 13.1. The topological polar surface area (TPSA) is 55.8 Å². The Morgan fingerprint density at radius 1 is 0.765 bits per heavy atom. The fourth-order valence-corrected chi connectivity index (χ4v) is 3.96. The van der Waals surface area contributed by atoms with E-state index in [0.717, 1.165) is 25.7 Å². The highest BCUT2D eigenvalue weighted by Crippen LogP contribution is 2.31. The molecule has 4 nitrogen and oxygen atoms in total. The number of ether oxygens (including phenoxy) is 2. The Balaban J connectivity index is 1.97. The van der Waals surface area contributed by atoms with Crippen molar-refractivity contribution in [1.82, 2.24) is 0 Å². The van der Waals surface area contributed by atoms with E-state index < -0.39 is 11.8 Å². The average molecular weight is 473 g/mol. The van der Waals surface area contributed by atoms with Crippen LogP contribution in [0.3, 0.4) is 0 Å². The molecule has 0 heterocycles. The van der Waals surface area contributed by atoms with E-state index in [1.807, 2.05) is 0 Å². The average Bonchev–Trinajstić information content (AvgIpc) is 2.83. The molecule has 0 amide bonds. The second-order valence-electron chi connectivity index (χ2n) is 8.89. The van der Waals surface area contributed by atoms with Crippen LogP contribution in [0.2, 0.25) is 0 Å². The van der Waals surface area contributed by atoms with Crippen LogP contribution < -0.4 is 9.47 Å². The molecule has 0 spiro atoms. The van der Waals surface area contributed by atoms with Gasteiger partial charge < -0.3 is 14.6 Å². The lowest BCUT2D eigenvalue weighted by Crippen LogP contribution is -2.03. The van der Waals surface area contributed by atoms with E-state index in [1.165, 1.54) is 63.5 Å². The van der Waals surface area contributed by atoms with Crippen molar-refractivity contribution < 1.29 is 23.8 Å². The van der Waals surface area contributed by atoms with E-state index in [0.29, 0.717) is 30.1 Å². The molecule has 0 saturated heterocycles. The molecule has 2 aromatic carbocycles. The normalized spacial score (nSPS) is 10.9. The van der Waals surface area contributed by atoms with Crippen molar-refractivity contribution in [2.24, 2.45) is 0 Å². The predicted octanol–water partition coefficient (Wildman–Crippen LogP) is 8.67. The van der Waals surface area contributed by atoms with Gasteiger partial charge in [0.05, 0.1) is 18.8 Å². The third-order valence-corrected chi connectivity index (χ3v) is 5.99. The first-order valence-corrected chi connectivity index (χ1v) is 13.0. The molecule has 2 aromatic rings. The smallest absolute Gasteiger partial charge is 0.336 e. The molecule has 188 valence electrons. The SMILES string of the molecule is CCCCCCCCOc1ccc(C(=O)O)c(-c2ccc(OCCCCCCCC)c(F)c2)c1. The molecule has 5 heteroatoms. The lowest BCUT2D eigenvalue weighted by atomic mass is 9.99. The van der Waals surface area contributed by atoms with E-state index in [1.54, 1.807) is 24.3 Å². The van der Waals surface area contributed by atoms with Crippen molar-refractivity contribution in [3.63, 3.8) is 0 Å². The number of carboxylic acid groups (broad SMARTS) is 1. The quantitative estimate of drug-likeness (QED) is 0.221. The zero-order valence-electron chi connectivity index (χ0n) is 20.9. The van der Waals surface area contributed by atoms with Crippen molar-refractivity contribution in [3.8, 4) is 22.6 Å². The summed E-state index contributed by atoms with van der Waals surface area (Å²) in [6, 6.07) is 9.51. The zero-order valence-corrected chi connectivity index (χ0v) is 20.9. The number of carboxylic acids is 1. The van der Waals surface area contributed by atoms with Crippen molar-refractivity contribution in [2.45, 2.75) is 90.9 Å². The Hall–Kier alpha value is -2.56. The third-order valence-electron chi connectivity index (χ3n) is 5.99. The maximum Gasteiger partial charge on any atom is 0.336 e. The van der Waals surface area contributed by atoms with Gasteiger partial charge in [-0.1, -0.05) is 84.1 Å². The molecule has 0 unspecified atom stereocenters. The Labute approximate surface area is 204 Å². The van der Waals surface area contributed by atoms with Gasteiger partial charge in [0, 0.05) is 0 Å². The van der Waals surface area contributed by atoms with Gasteiger partial charge >= 0.3 is 5.97 Å². The highest BCUT2D eigenvalue weighted by molar-refractivity contribution is 5.96. The monoisotopic (exact) mass is 472 g/mol. The minimum atomic E-state index is -1.05. The van der Waals surface area contributed by atoms with Crippen LogP contribution in [-0.4, -0.2) is 24.3 Å². The van der Waals surface area contributed by atoms with Gasteiger partial charge in [0.15, 0.2) is 11.6 Å². The number of benzene rings is 2. The number of hydrogen-bond donors (Lipinski definition) is 1. The Morgan fingerprint density at radius 3 is 1.94 bits per heavy atom. The van der Waals surface area contributed by atoms with E-state index in [-0.39, 0.29) is 11.3 Å². The van der Waals surface area contributed by atoms with Crippen molar-refractivity contribution in [1.29, 1.82) is 0 Å². The second-order valence-corrected chi connectivity index (χ2v) is 8.89. The largest absolute Gasteiger partial charge is 0.494 e. The lowest BCUT2D eigenvalue weighted by molar-refractivity contribution is 0.0697. The number of unbranched alkanes of at least 4 members (excludes halogenated alkanes) is 10. The van der Waals surface area contributed by atoms with Crippen LogP contribution in [0.4, 0.5) is 4.39 Å². The van der Waals surface area contributed by atoms with Gasteiger partial charge in [0.25, 0.3) is 0 Å². The highest BCUT2D eigenvalue weighted by atomic mass is 19.1. The summed E-state index contributed by atoms with van der Waals surface area (Å²) in [5.74, 6) is -0.749. The molecule has 0 aliphatic heterocycles. The van der Waals surface area contributed by atoms with Crippen LogP contribution >= 0.6 is 0 Å². The van der Waals surface area contributed by atoms with Crippen molar-refractivity contribution in [2.75, 3.05) is 13.2 Å². The van der Waals surface area contributed by atoms with E-state index >= 15 is 0 Å². The number of halogens is 1. The molecule has 1 N–H and O–H groups in total. The second kappa shape index (κ2) is 16.1. The van der Waals surface area contributed by atoms with Crippen molar-refractivity contribution >= 4 is 5.97 Å². The van der Waals surface area contributed by atoms with Crippen LogP contribution in [0.25, 0.3) is 11.1 Å². The maximum atomic E-state index is 14.7. The minimum absolute atomic E-state index is 0.118. The van der Waals surface area contributed by atoms with E-state index in [4.69, 9.17) is 9.47 Å². The number of carbonyl (C=O) groups is 1. The first-order valence-electron chi connectivity index (χ1n) is 13.0. The van der Waals surface area contributed by atoms with E-state index in [9.17, 15) is 14.3 Å². The summed E-state index contributed by atoms with van der Waals surface area (Å²) in [7, 11) is 0. The van der Waals surface area contributed by atoms with Crippen LogP contribution in [0, 0.1) is 5.82 Å². The van der Waals surface area contributed by atoms with Gasteiger partial charge in [-0.05, 0) is 54.3 Å². The van der Waals surface area contributed by atoms with Crippen LogP contribution in [0.5, 0.6) is 11.5 Å². The molecule has 0 bridgehead atoms. The van der Waals surface area contributed by atoms with E-state index in [2.05, 4.69) is 13.8 Å². The lowest BCUT2D eigenvalue weighted by Gasteiger charge is -2.13. The fourth-order valence-electron chi connectivity index (χ4n) is 3.96. The Bertz CT molecular complexity index is 865. The minimum Gasteiger partial charge on any atom is -0.494 e. The summed E-state index contributed by atoms with van der Waals surface area (Å²) in [4.78, 5) is 11.8. The predicted molar refractivity (Wildman–Crippen MR) is 137 cm³/mol. The third kappa shape index (κ3) is 9.74. The number of hydrogen-bond acceptors (Lipinski definition) is 3. The summed E-state index contributed by atoms with van der Waals surface area (Å²) in [6.45, 7) is 5.45. The molecule has 0 aliphatic carbocycles. The summed E-state index contributed by atoms with van der Waals surface area (Å²) in [5.41, 5.74) is 1.05. The van der Waals surface area contributed by atoms with Crippen LogP contribution in [-0.2, 0) is 0 Å². The van der Waals surface area contributed by atoms with Gasteiger partial charge in [-0.2, -0.15) is 0 Å². The molecule has 2 rings (SSSR count). The summed E-state index contributed by atoms with van der Waals surface area (Å²) in [6.07, 6.45) is 13.9. The van der Waals surface area contributed by atoms with Crippen LogP contribution in [0.1, 0.15) is 101 Å². The standard InChI is InChI=1S/C29H41FO4/c1-3-5-7-9-11-13-19-33-24-16-17-25(29(31)32)26(22-24)23-15-18-28(27(30)21-23)34-20-14-12-10-8-6-4-2/h15-18,21-22H,3-14,19-20H2,1-2H3,(H,31,32). The Morgan fingerprint density at radius 2 is 1.35 bits per heavy atom. The molecule has 0 aliphatic rings. The van der Waals surface area contributed by atoms with Gasteiger partial charge in [-0.25, -0.2) is 9.18 Å². The molecular weight excluding hydrogens is 431 g/mol. The molecule has 0 aromatic heterocycles. The molecule has 0 fully saturated rings. The first kappa shape index (κ1) is 27.7. The fraction of sp³-hybridized carbons (Fsp3) is 0.552. The molecule has 34 heavy (non-hydrogen) atoms. The molecule has 0 radical (unpaired) electrons. The molecular formula is C29H41FO4. The zero-order chi connectivity index (χ0) is 24.6. The number of rotatable bonds is 18. The van der Waals surface area contributed by atoms with Crippen molar-refractivity contribution in [3.05, 3.63) is 47.8 Å². The molecule has 0 atom stereocenters. The van der Waals surface area contributed by atoms with Gasteiger partial charge in [-0.3, -0.25) is 0 Å². The summed E-state index contributed by atoms with van der Waals surface area (Å²) >= 11 is 0. The van der Waals surface area contributed by atoms with Gasteiger partial charge in [0.2, 0.25) is 0 Å². The highest BCUT2D eigenvalue weighted by Gasteiger charge is 2.15. The number of aromatic carboxylic acids is 1. The molecule has 0 saturated carbocycles. The summed E-state index contributed by atoms with van der Waals surface area (Å²) < 4.78 is 26.2. The van der Waals surface area contributed by atoms with Gasteiger partial charge in [-0.15, -0.1) is 0 Å². The van der Waals surface area contributed by atoms with Crippen LogP contribution in [0.15, 0.2) is 36.4 Å². The summed E-state index contributed by atoms with van der Waals surface area (Å²) in [5, 5.41) is 9.62. The first-order chi connectivity index (χ1) is 16.6.